The highest BCUT2D eigenvalue weighted by Gasteiger charge is 2.21. The van der Waals surface area contributed by atoms with Gasteiger partial charge in [-0.05, 0) is 43.9 Å². The van der Waals surface area contributed by atoms with E-state index in [4.69, 9.17) is 5.11 Å². The lowest BCUT2D eigenvalue weighted by Crippen LogP contribution is -2.40. The molecule has 1 aliphatic rings. The average molecular weight is 304 g/mol. The molecule has 1 heterocycles. The average Bonchev–Trinajstić information content (AvgIpc) is 3.00. The Morgan fingerprint density at radius 1 is 1.23 bits per heavy atom. The van der Waals surface area contributed by atoms with Crippen LogP contribution in [-0.4, -0.2) is 48.1 Å². The smallest absolute Gasteiger partial charge is 0.305 e. The summed E-state index contributed by atoms with van der Waals surface area (Å²) in [6.07, 6.45) is 2.15. The highest BCUT2D eigenvalue weighted by atomic mass is 16.4. The van der Waals surface area contributed by atoms with Crippen molar-refractivity contribution in [2.75, 3.05) is 31.1 Å². The van der Waals surface area contributed by atoms with Gasteiger partial charge in [-0.15, -0.1) is 0 Å². The van der Waals surface area contributed by atoms with Gasteiger partial charge < -0.3 is 14.9 Å². The molecule has 1 aromatic carbocycles. The molecule has 1 amide bonds. The zero-order chi connectivity index (χ0) is 16.1. The first-order valence-electron chi connectivity index (χ1n) is 7.79. The number of hydrogen-bond donors (Lipinski definition) is 1. The van der Waals surface area contributed by atoms with Gasteiger partial charge in [0.1, 0.15) is 0 Å². The Balaban J connectivity index is 2.15. The normalized spacial score (nSPS) is 14.2. The van der Waals surface area contributed by atoms with Crippen molar-refractivity contribution in [3.05, 3.63) is 29.3 Å². The fourth-order valence-corrected chi connectivity index (χ4v) is 2.81. The van der Waals surface area contributed by atoms with Gasteiger partial charge in [0.05, 0.1) is 13.0 Å². The summed E-state index contributed by atoms with van der Waals surface area (Å²) < 4.78 is 0. The van der Waals surface area contributed by atoms with Gasteiger partial charge in [0, 0.05) is 25.3 Å². The van der Waals surface area contributed by atoms with Gasteiger partial charge in [-0.3, -0.25) is 9.59 Å². The number of hydrogen-bond acceptors (Lipinski definition) is 3. The number of amides is 1. The molecule has 1 aliphatic heterocycles. The first kappa shape index (κ1) is 16.3. The number of carbonyl (C=O) groups is 2. The molecule has 1 N–H and O–H groups in total. The first-order valence-corrected chi connectivity index (χ1v) is 7.79. The summed E-state index contributed by atoms with van der Waals surface area (Å²) in [7, 11) is 0. The molecule has 22 heavy (non-hydrogen) atoms. The van der Waals surface area contributed by atoms with Crippen molar-refractivity contribution in [1.82, 2.24) is 4.90 Å². The number of carboxylic acid groups (broad SMARTS) is 1. The van der Waals surface area contributed by atoms with Gasteiger partial charge in [0.2, 0.25) is 5.91 Å². The maximum absolute atomic E-state index is 12.4. The highest BCUT2D eigenvalue weighted by molar-refractivity contribution is 5.82. The molecular formula is C17H24N2O3. The number of carbonyl (C=O) groups excluding carboxylic acids is 1. The molecule has 1 aromatic rings. The van der Waals surface area contributed by atoms with E-state index in [2.05, 4.69) is 0 Å². The standard InChI is InChI=1S/C17H24N2O3/c1-13-5-6-14(2)15(11-13)19(10-7-17(21)22)12-16(20)18-8-3-4-9-18/h5-6,11H,3-4,7-10,12H2,1-2H3,(H,21,22). The van der Waals surface area contributed by atoms with Gasteiger partial charge in [0.25, 0.3) is 0 Å². The fourth-order valence-electron chi connectivity index (χ4n) is 2.81. The van der Waals surface area contributed by atoms with E-state index in [0.29, 0.717) is 6.54 Å². The van der Waals surface area contributed by atoms with E-state index in [-0.39, 0.29) is 18.9 Å². The molecule has 0 saturated carbocycles. The van der Waals surface area contributed by atoms with E-state index >= 15 is 0 Å². The van der Waals surface area contributed by atoms with Crippen LogP contribution in [0.2, 0.25) is 0 Å². The monoisotopic (exact) mass is 304 g/mol. The first-order chi connectivity index (χ1) is 10.5. The van der Waals surface area contributed by atoms with Gasteiger partial charge in [-0.25, -0.2) is 0 Å². The highest BCUT2D eigenvalue weighted by Crippen LogP contribution is 2.22. The summed E-state index contributed by atoms with van der Waals surface area (Å²) in [5.41, 5.74) is 3.12. The van der Waals surface area contributed by atoms with Crippen molar-refractivity contribution >= 4 is 17.6 Å². The molecule has 5 nitrogen and oxygen atoms in total. The largest absolute Gasteiger partial charge is 0.481 e. The van der Waals surface area contributed by atoms with Crippen LogP contribution < -0.4 is 4.90 Å². The fraction of sp³-hybridized carbons (Fsp3) is 0.529. The Kier molecular flexibility index (Phi) is 5.41. The maximum atomic E-state index is 12.4. The minimum absolute atomic E-state index is 0.0284. The van der Waals surface area contributed by atoms with Crippen molar-refractivity contribution in [2.45, 2.75) is 33.1 Å². The zero-order valence-corrected chi connectivity index (χ0v) is 13.3. The second kappa shape index (κ2) is 7.29. The Hall–Kier alpha value is -2.04. The quantitative estimate of drug-likeness (QED) is 0.875. The Labute approximate surface area is 131 Å². The zero-order valence-electron chi connectivity index (χ0n) is 13.3. The van der Waals surface area contributed by atoms with Crippen molar-refractivity contribution in [3.8, 4) is 0 Å². The molecule has 0 aromatic heterocycles. The minimum atomic E-state index is -0.844. The van der Waals surface area contributed by atoms with E-state index in [1.807, 2.05) is 41.8 Å². The summed E-state index contributed by atoms with van der Waals surface area (Å²) in [5.74, 6) is -0.757. The number of carboxylic acids is 1. The summed E-state index contributed by atoms with van der Waals surface area (Å²) in [6, 6.07) is 6.06. The summed E-state index contributed by atoms with van der Waals surface area (Å²) >= 11 is 0. The SMILES string of the molecule is Cc1ccc(C)c(N(CCC(=O)O)CC(=O)N2CCCC2)c1. The number of anilines is 1. The molecule has 0 spiro atoms. The van der Waals surface area contributed by atoms with E-state index in [1.165, 1.54) is 0 Å². The Morgan fingerprint density at radius 3 is 2.55 bits per heavy atom. The molecular weight excluding hydrogens is 280 g/mol. The molecule has 120 valence electrons. The molecule has 0 unspecified atom stereocenters. The molecule has 1 fully saturated rings. The van der Waals surface area contributed by atoms with Crippen LogP contribution >= 0.6 is 0 Å². The van der Waals surface area contributed by atoms with Gasteiger partial charge in [-0.2, -0.15) is 0 Å². The lowest BCUT2D eigenvalue weighted by Gasteiger charge is -2.28. The van der Waals surface area contributed by atoms with Crippen LogP contribution in [0.3, 0.4) is 0 Å². The lowest BCUT2D eigenvalue weighted by atomic mass is 10.1. The number of nitrogens with zero attached hydrogens (tertiary/aromatic N) is 2. The third kappa shape index (κ3) is 4.23. The number of rotatable bonds is 6. The number of likely N-dealkylation sites (tertiary alicyclic amines) is 1. The number of aliphatic carboxylic acids is 1. The molecule has 1 saturated heterocycles. The van der Waals surface area contributed by atoms with E-state index in [9.17, 15) is 9.59 Å². The van der Waals surface area contributed by atoms with E-state index in [1.54, 1.807) is 0 Å². The topological polar surface area (TPSA) is 60.9 Å². The van der Waals surface area contributed by atoms with Crippen LogP contribution in [0, 0.1) is 13.8 Å². The third-order valence-corrected chi connectivity index (χ3v) is 4.09. The van der Waals surface area contributed by atoms with Crippen molar-refractivity contribution < 1.29 is 14.7 Å². The number of benzene rings is 1. The van der Waals surface area contributed by atoms with Crippen molar-refractivity contribution in [2.24, 2.45) is 0 Å². The number of aryl methyl sites for hydroxylation is 2. The van der Waals surface area contributed by atoms with Gasteiger partial charge in [-0.1, -0.05) is 12.1 Å². The van der Waals surface area contributed by atoms with Crippen LogP contribution in [0.4, 0.5) is 5.69 Å². The van der Waals surface area contributed by atoms with Crippen LogP contribution in [0.5, 0.6) is 0 Å². The predicted octanol–water partition coefficient (Wildman–Crippen LogP) is 2.21. The van der Waals surface area contributed by atoms with Crippen LogP contribution in [0.15, 0.2) is 18.2 Å². The molecule has 2 rings (SSSR count). The van der Waals surface area contributed by atoms with Crippen molar-refractivity contribution in [1.29, 1.82) is 0 Å². The summed E-state index contributed by atoms with van der Waals surface area (Å²) in [6.45, 7) is 6.22. The predicted molar refractivity (Wildman–Crippen MR) is 86.2 cm³/mol. The molecule has 5 heteroatoms. The Morgan fingerprint density at radius 2 is 1.91 bits per heavy atom. The van der Waals surface area contributed by atoms with Crippen LogP contribution in [0.1, 0.15) is 30.4 Å². The second-order valence-electron chi connectivity index (χ2n) is 5.94. The lowest BCUT2D eigenvalue weighted by molar-refractivity contribution is -0.137. The molecule has 0 radical (unpaired) electrons. The van der Waals surface area contributed by atoms with E-state index in [0.717, 1.165) is 42.7 Å². The van der Waals surface area contributed by atoms with Crippen molar-refractivity contribution in [3.63, 3.8) is 0 Å². The minimum Gasteiger partial charge on any atom is -0.481 e. The van der Waals surface area contributed by atoms with Crippen LogP contribution in [0.25, 0.3) is 0 Å². The van der Waals surface area contributed by atoms with E-state index < -0.39 is 5.97 Å². The maximum Gasteiger partial charge on any atom is 0.305 e. The summed E-state index contributed by atoms with van der Waals surface area (Å²) in [4.78, 5) is 27.1. The molecule has 0 atom stereocenters. The van der Waals surface area contributed by atoms with Gasteiger partial charge >= 0.3 is 5.97 Å². The van der Waals surface area contributed by atoms with Gasteiger partial charge in [0.15, 0.2) is 0 Å². The Bertz CT molecular complexity index is 551. The van der Waals surface area contributed by atoms with Crippen LogP contribution in [-0.2, 0) is 9.59 Å². The molecule has 0 bridgehead atoms. The third-order valence-electron chi connectivity index (χ3n) is 4.09. The molecule has 0 aliphatic carbocycles. The summed E-state index contributed by atoms with van der Waals surface area (Å²) in [5, 5.41) is 8.96. The second-order valence-corrected chi connectivity index (χ2v) is 5.94.